The van der Waals surface area contributed by atoms with Crippen molar-refractivity contribution in [1.82, 2.24) is 20.6 Å². The first-order chi connectivity index (χ1) is 16.1. The number of nitrogens with one attached hydrogen (secondary N) is 3. The molecule has 3 aromatic rings. The van der Waals surface area contributed by atoms with Gasteiger partial charge < -0.3 is 20.4 Å². The average Bonchev–Trinajstić information content (AvgIpc) is 3.29. The molecule has 1 aromatic heterocycles. The van der Waals surface area contributed by atoms with Crippen molar-refractivity contribution in [3.05, 3.63) is 89.5 Å². The van der Waals surface area contributed by atoms with Crippen molar-refractivity contribution in [1.29, 1.82) is 0 Å². The SMILES string of the molecule is C[C@H](NC(=O)c1nc[nH]c1C(=O)N[C@@H](Cc1ccccc1)C(=O)OC(C)(C)C)c1ccccc1. The molecule has 0 aliphatic rings. The third kappa shape index (κ3) is 6.78. The predicted molar refractivity (Wildman–Crippen MR) is 128 cm³/mol. The molecule has 0 fully saturated rings. The molecule has 0 bridgehead atoms. The van der Waals surface area contributed by atoms with Crippen molar-refractivity contribution in [3.63, 3.8) is 0 Å². The Morgan fingerprint density at radius 1 is 0.941 bits per heavy atom. The van der Waals surface area contributed by atoms with Crippen LogP contribution in [0, 0.1) is 0 Å². The van der Waals surface area contributed by atoms with Gasteiger partial charge in [0.15, 0.2) is 5.69 Å². The molecule has 0 aliphatic carbocycles. The number of benzene rings is 2. The number of nitrogens with zero attached hydrogens (tertiary/aromatic N) is 1. The van der Waals surface area contributed by atoms with E-state index in [4.69, 9.17) is 4.74 Å². The summed E-state index contributed by atoms with van der Waals surface area (Å²) >= 11 is 0. The Kier molecular flexibility index (Phi) is 7.83. The van der Waals surface area contributed by atoms with Crippen LogP contribution in [0.2, 0.25) is 0 Å². The standard InChI is InChI=1S/C26H30N4O4/c1-17(19-13-9-6-10-14-19)29-23(31)21-22(28-16-27-21)24(32)30-20(25(33)34-26(2,3)4)15-18-11-7-5-8-12-18/h5-14,16-17,20H,15H2,1-4H3,(H,27,28)(H,29,31)(H,30,32)/t17-,20-/m0/s1. The summed E-state index contributed by atoms with van der Waals surface area (Å²) in [5.74, 6) is -1.69. The summed E-state index contributed by atoms with van der Waals surface area (Å²) < 4.78 is 5.51. The number of carbonyl (C=O) groups is 3. The van der Waals surface area contributed by atoms with Crippen LogP contribution >= 0.6 is 0 Å². The predicted octanol–water partition coefficient (Wildman–Crippen LogP) is 3.58. The molecule has 0 spiro atoms. The average molecular weight is 463 g/mol. The first-order valence-electron chi connectivity index (χ1n) is 11.1. The molecule has 0 saturated carbocycles. The van der Waals surface area contributed by atoms with Crippen LogP contribution in [-0.4, -0.2) is 39.4 Å². The second-order valence-corrected chi connectivity index (χ2v) is 8.98. The minimum Gasteiger partial charge on any atom is -0.458 e. The zero-order valence-electron chi connectivity index (χ0n) is 19.8. The van der Waals surface area contributed by atoms with Crippen LogP contribution in [0.25, 0.3) is 0 Å². The highest BCUT2D eigenvalue weighted by Crippen LogP contribution is 2.15. The molecule has 2 aromatic carbocycles. The molecule has 2 atom stereocenters. The first kappa shape index (κ1) is 24.7. The van der Waals surface area contributed by atoms with Crippen LogP contribution in [0.4, 0.5) is 0 Å². The van der Waals surface area contributed by atoms with E-state index < -0.39 is 29.4 Å². The lowest BCUT2D eigenvalue weighted by atomic mass is 10.1. The number of hydrogen-bond acceptors (Lipinski definition) is 5. The second-order valence-electron chi connectivity index (χ2n) is 8.98. The van der Waals surface area contributed by atoms with Crippen LogP contribution in [0.3, 0.4) is 0 Å². The minimum atomic E-state index is -0.948. The lowest BCUT2D eigenvalue weighted by Gasteiger charge is -2.24. The summed E-state index contributed by atoms with van der Waals surface area (Å²) in [7, 11) is 0. The summed E-state index contributed by atoms with van der Waals surface area (Å²) in [6.45, 7) is 7.13. The lowest BCUT2D eigenvalue weighted by Crippen LogP contribution is -2.46. The van der Waals surface area contributed by atoms with E-state index in [-0.39, 0.29) is 23.9 Å². The number of esters is 1. The van der Waals surface area contributed by atoms with E-state index >= 15 is 0 Å². The molecule has 34 heavy (non-hydrogen) atoms. The van der Waals surface area contributed by atoms with Crippen molar-refractivity contribution >= 4 is 17.8 Å². The Labute approximate surface area is 199 Å². The minimum absolute atomic E-state index is 0.0283. The van der Waals surface area contributed by atoms with E-state index in [1.165, 1.54) is 6.33 Å². The van der Waals surface area contributed by atoms with Crippen molar-refractivity contribution in [2.45, 2.75) is 51.8 Å². The van der Waals surface area contributed by atoms with Gasteiger partial charge in [-0.3, -0.25) is 9.59 Å². The van der Waals surface area contributed by atoms with Gasteiger partial charge in [-0.05, 0) is 38.8 Å². The maximum Gasteiger partial charge on any atom is 0.329 e. The highest BCUT2D eigenvalue weighted by Gasteiger charge is 2.30. The number of carbonyl (C=O) groups excluding carboxylic acids is 3. The highest BCUT2D eigenvalue weighted by molar-refractivity contribution is 6.05. The van der Waals surface area contributed by atoms with Gasteiger partial charge >= 0.3 is 5.97 Å². The van der Waals surface area contributed by atoms with E-state index in [0.717, 1.165) is 11.1 Å². The topological polar surface area (TPSA) is 113 Å². The number of imidazole rings is 1. The van der Waals surface area contributed by atoms with Gasteiger partial charge in [-0.2, -0.15) is 0 Å². The summed E-state index contributed by atoms with van der Waals surface area (Å²) in [6.07, 6.45) is 1.51. The van der Waals surface area contributed by atoms with Crippen LogP contribution in [0.15, 0.2) is 67.0 Å². The smallest absolute Gasteiger partial charge is 0.329 e. The molecule has 8 heteroatoms. The molecule has 2 amide bonds. The fourth-order valence-corrected chi connectivity index (χ4v) is 3.38. The van der Waals surface area contributed by atoms with Gasteiger partial charge in [0.05, 0.1) is 12.4 Å². The molecule has 0 saturated heterocycles. The summed E-state index contributed by atoms with van der Waals surface area (Å²) in [6, 6.07) is 17.5. The number of H-pyrrole nitrogens is 1. The summed E-state index contributed by atoms with van der Waals surface area (Å²) in [4.78, 5) is 45.5. The number of rotatable bonds is 8. The van der Waals surface area contributed by atoms with Gasteiger partial charge in [-0.15, -0.1) is 0 Å². The van der Waals surface area contributed by atoms with Crippen LogP contribution in [0.5, 0.6) is 0 Å². The molecule has 0 unspecified atom stereocenters. The van der Waals surface area contributed by atoms with Gasteiger partial charge in [-0.25, -0.2) is 9.78 Å². The third-order valence-corrected chi connectivity index (χ3v) is 5.01. The van der Waals surface area contributed by atoms with Crippen LogP contribution in [-0.2, 0) is 16.0 Å². The molecule has 0 radical (unpaired) electrons. The fraction of sp³-hybridized carbons (Fsp3) is 0.308. The van der Waals surface area contributed by atoms with E-state index in [1.807, 2.05) is 67.6 Å². The number of ether oxygens (including phenoxy) is 1. The van der Waals surface area contributed by atoms with Gasteiger partial charge in [0, 0.05) is 6.42 Å². The van der Waals surface area contributed by atoms with Gasteiger partial charge in [0.25, 0.3) is 11.8 Å². The van der Waals surface area contributed by atoms with E-state index in [2.05, 4.69) is 20.6 Å². The van der Waals surface area contributed by atoms with Crippen molar-refractivity contribution in [3.8, 4) is 0 Å². The molecule has 3 N–H and O–H groups in total. The Morgan fingerprint density at radius 3 is 2.18 bits per heavy atom. The molecule has 8 nitrogen and oxygen atoms in total. The van der Waals surface area contributed by atoms with E-state index in [9.17, 15) is 14.4 Å². The number of aromatic nitrogens is 2. The first-order valence-corrected chi connectivity index (χ1v) is 11.1. The molecule has 0 aliphatic heterocycles. The number of aromatic amines is 1. The molecule has 3 rings (SSSR count). The monoisotopic (exact) mass is 462 g/mol. The Hall–Kier alpha value is -3.94. The van der Waals surface area contributed by atoms with Gasteiger partial charge in [0.1, 0.15) is 17.3 Å². The molecular weight excluding hydrogens is 432 g/mol. The number of amides is 2. The molecule has 178 valence electrons. The Morgan fingerprint density at radius 2 is 1.56 bits per heavy atom. The molecule has 1 heterocycles. The van der Waals surface area contributed by atoms with Gasteiger partial charge in [0.2, 0.25) is 0 Å². The van der Waals surface area contributed by atoms with Crippen LogP contribution < -0.4 is 10.6 Å². The maximum atomic E-state index is 13.1. The van der Waals surface area contributed by atoms with E-state index in [0.29, 0.717) is 0 Å². The zero-order chi connectivity index (χ0) is 24.7. The molecular formula is C26H30N4O4. The van der Waals surface area contributed by atoms with Crippen molar-refractivity contribution < 1.29 is 19.1 Å². The summed E-state index contributed by atoms with van der Waals surface area (Å²) in [5.41, 5.74) is 0.981. The lowest BCUT2D eigenvalue weighted by molar-refractivity contribution is -0.157. The fourth-order valence-electron chi connectivity index (χ4n) is 3.38. The Balaban J connectivity index is 1.76. The number of hydrogen-bond donors (Lipinski definition) is 3. The van der Waals surface area contributed by atoms with Crippen molar-refractivity contribution in [2.75, 3.05) is 0 Å². The quantitative estimate of drug-likeness (QED) is 0.443. The normalized spacial score (nSPS) is 12.9. The highest BCUT2D eigenvalue weighted by atomic mass is 16.6. The third-order valence-electron chi connectivity index (χ3n) is 5.01. The Bertz CT molecular complexity index is 1120. The van der Waals surface area contributed by atoms with E-state index in [1.54, 1.807) is 20.8 Å². The second kappa shape index (κ2) is 10.8. The largest absolute Gasteiger partial charge is 0.458 e. The van der Waals surface area contributed by atoms with Crippen LogP contribution in [0.1, 0.15) is 65.8 Å². The maximum absolute atomic E-state index is 13.1. The van der Waals surface area contributed by atoms with Gasteiger partial charge in [-0.1, -0.05) is 60.7 Å². The van der Waals surface area contributed by atoms with Crippen molar-refractivity contribution in [2.24, 2.45) is 0 Å². The summed E-state index contributed by atoms with van der Waals surface area (Å²) in [5, 5.41) is 5.55. The zero-order valence-corrected chi connectivity index (χ0v) is 19.8.